The van der Waals surface area contributed by atoms with E-state index in [-0.39, 0.29) is 5.91 Å². The zero-order chi connectivity index (χ0) is 16.7. The van der Waals surface area contributed by atoms with Crippen molar-refractivity contribution >= 4 is 50.7 Å². The van der Waals surface area contributed by atoms with Crippen LogP contribution < -0.4 is 4.80 Å². The molecule has 2 aromatic carbocycles. The Morgan fingerprint density at radius 3 is 2.61 bits per heavy atom. The van der Waals surface area contributed by atoms with Crippen LogP contribution in [0.25, 0.3) is 10.2 Å². The first-order valence-electron chi connectivity index (χ1n) is 6.97. The summed E-state index contributed by atoms with van der Waals surface area (Å²) in [5.41, 5.74) is 3.78. The molecule has 118 valence electrons. The van der Waals surface area contributed by atoms with Crippen LogP contribution in [0.5, 0.6) is 0 Å². The van der Waals surface area contributed by atoms with Crippen molar-refractivity contribution in [1.82, 2.24) is 4.57 Å². The quantitative estimate of drug-likeness (QED) is 0.604. The molecule has 0 fully saturated rings. The first kappa shape index (κ1) is 16.2. The van der Waals surface area contributed by atoms with Gasteiger partial charge in [0.25, 0.3) is 5.91 Å². The second-order valence-corrected chi connectivity index (χ2v) is 7.24. The zero-order valence-electron chi connectivity index (χ0n) is 12.9. The van der Waals surface area contributed by atoms with Gasteiger partial charge in [0.1, 0.15) is 0 Å². The highest BCUT2D eigenvalue weighted by molar-refractivity contribution is 7.16. The van der Waals surface area contributed by atoms with Crippen LogP contribution in [0.4, 0.5) is 0 Å². The second-order valence-electron chi connectivity index (χ2n) is 5.41. The molecule has 6 heteroatoms. The normalized spacial score (nSPS) is 12.1. The molecule has 0 saturated carbocycles. The maximum absolute atomic E-state index is 12.4. The monoisotopic (exact) mass is 364 g/mol. The fourth-order valence-electron chi connectivity index (χ4n) is 2.48. The average Bonchev–Trinajstić information content (AvgIpc) is 2.76. The maximum atomic E-state index is 12.4. The van der Waals surface area contributed by atoms with E-state index in [0.29, 0.717) is 20.4 Å². The van der Waals surface area contributed by atoms with Gasteiger partial charge in [0.15, 0.2) is 4.80 Å². The Labute approximate surface area is 147 Å². The van der Waals surface area contributed by atoms with Crippen molar-refractivity contribution in [2.24, 2.45) is 12.0 Å². The van der Waals surface area contributed by atoms with Crippen LogP contribution >= 0.6 is 34.5 Å². The number of halogens is 2. The summed E-state index contributed by atoms with van der Waals surface area (Å²) in [6.07, 6.45) is 0. The Morgan fingerprint density at radius 1 is 1.17 bits per heavy atom. The van der Waals surface area contributed by atoms with E-state index in [1.165, 1.54) is 22.5 Å². The number of thiazole rings is 1. The van der Waals surface area contributed by atoms with Gasteiger partial charge in [-0.1, -0.05) is 40.6 Å². The van der Waals surface area contributed by atoms with Crippen molar-refractivity contribution in [3.8, 4) is 0 Å². The fourth-order valence-corrected chi connectivity index (χ4v) is 4.04. The van der Waals surface area contributed by atoms with E-state index >= 15 is 0 Å². The summed E-state index contributed by atoms with van der Waals surface area (Å²) in [6.45, 7) is 4.12. The summed E-state index contributed by atoms with van der Waals surface area (Å²) in [4.78, 5) is 17.3. The standard InChI is InChI=1S/C17H14Cl2N2OS/c1-9-6-10(2)15-14(7-9)21(3)17(23-15)20-16(22)12-5-4-11(18)8-13(12)19/h4-8H,1-3H3. The molecule has 1 heterocycles. The molecule has 0 spiro atoms. The highest BCUT2D eigenvalue weighted by Gasteiger charge is 2.12. The summed E-state index contributed by atoms with van der Waals surface area (Å²) in [6, 6.07) is 9.00. The number of fused-ring (bicyclic) bond motifs is 1. The number of benzene rings is 2. The summed E-state index contributed by atoms with van der Waals surface area (Å²) < 4.78 is 3.06. The van der Waals surface area contributed by atoms with E-state index in [1.807, 2.05) is 11.6 Å². The maximum Gasteiger partial charge on any atom is 0.281 e. The number of hydrogen-bond acceptors (Lipinski definition) is 2. The molecule has 1 amide bonds. The fraction of sp³-hybridized carbons (Fsp3) is 0.176. The van der Waals surface area contributed by atoms with Gasteiger partial charge in [0.05, 0.1) is 20.8 Å². The van der Waals surface area contributed by atoms with E-state index < -0.39 is 0 Å². The Balaban J connectivity index is 2.16. The predicted octanol–water partition coefficient (Wildman–Crippen LogP) is 4.90. The van der Waals surface area contributed by atoms with Crippen molar-refractivity contribution in [2.45, 2.75) is 13.8 Å². The molecule has 0 saturated heterocycles. The van der Waals surface area contributed by atoms with Crippen LogP contribution in [-0.4, -0.2) is 10.5 Å². The number of carbonyl (C=O) groups excluding carboxylic acids is 1. The van der Waals surface area contributed by atoms with Gasteiger partial charge in [0, 0.05) is 12.1 Å². The average molecular weight is 365 g/mol. The number of carbonyl (C=O) groups is 1. The van der Waals surface area contributed by atoms with Crippen molar-refractivity contribution < 1.29 is 4.79 Å². The van der Waals surface area contributed by atoms with Crippen LogP contribution in [0.3, 0.4) is 0 Å². The molecular formula is C17H14Cl2N2OS. The van der Waals surface area contributed by atoms with Gasteiger partial charge in [-0.15, -0.1) is 0 Å². The van der Waals surface area contributed by atoms with Crippen molar-refractivity contribution in [3.05, 3.63) is 61.9 Å². The summed E-state index contributed by atoms with van der Waals surface area (Å²) in [7, 11) is 1.91. The van der Waals surface area contributed by atoms with Crippen LogP contribution in [0.2, 0.25) is 10.0 Å². The largest absolute Gasteiger partial charge is 0.319 e. The van der Waals surface area contributed by atoms with Gasteiger partial charge in [-0.2, -0.15) is 4.99 Å². The van der Waals surface area contributed by atoms with E-state index in [9.17, 15) is 4.79 Å². The number of nitrogens with zero attached hydrogens (tertiary/aromatic N) is 2. The van der Waals surface area contributed by atoms with E-state index in [4.69, 9.17) is 23.2 Å². The first-order chi connectivity index (χ1) is 10.9. The third-order valence-electron chi connectivity index (χ3n) is 3.60. The summed E-state index contributed by atoms with van der Waals surface area (Å²) in [5.74, 6) is -0.372. The molecular weight excluding hydrogens is 351 g/mol. The molecule has 1 aromatic heterocycles. The van der Waals surface area contributed by atoms with E-state index in [2.05, 4.69) is 31.0 Å². The van der Waals surface area contributed by atoms with Crippen LogP contribution in [0, 0.1) is 13.8 Å². The predicted molar refractivity (Wildman–Crippen MR) is 96.6 cm³/mol. The molecule has 23 heavy (non-hydrogen) atoms. The van der Waals surface area contributed by atoms with Crippen LogP contribution in [-0.2, 0) is 7.05 Å². The number of hydrogen-bond donors (Lipinski definition) is 0. The molecule has 3 nitrogen and oxygen atoms in total. The number of aryl methyl sites for hydroxylation is 3. The lowest BCUT2D eigenvalue weighted by Crippen LogP contribution is -2.13. The van der Waals surface area contributed by atoms with Crippen molar-refractivity contribution in [1.29, 1.82) is 0 Å². The minimum absolute atomic E-state index is 0.307. The molecule has 0 aliphatic rings. The van der Waals surface area contributed by atoms with Gasteiger partial charge in [-0.3, -0.25) is 4.79 Å². The Hall–Kier alpha value is -1.62. The molecule has 0 aliphatic carbocycles. The summed E-state index contributed by atoms with van der Waals surface area (Å²) >= 11 is 13.4. The SMILES string of the molecule is Cc1cc(C)c2sc(=NC(=O)c3ccc(Cl)cc3Cl)n(C)c2c1. The third kappa shape index (κ3) is 3.07. The van der Waals surface area contributed by atoms with Crippen LogP contribution in [0.1, 0.15) is 21.5 Å². The van der Waals surface area contributed by atoms with Crippen molar-refractivity contribution in [3.63, 3.8) is 0 Å². The molecule has 0 aliphatic heterocycles. The molecule has 3 aromatic rings. The Bertz CT molecular complexity index is 1000. The third-order valence-corrected chi connectivity index (χ3v) is 5.43. The van der Waals surface area contributed by atoms with E-state index in [0.717, 1.165) is 10.2 Å². The lowest BCUT2D eigenvalue weighted by Gasteiger charge is -2.01. The Kier molecular flexibility index (Phi) is 4.32. The molecule has 0 bridgehead atoms. The van der Waals surface area contributed by atoms with Gasteiger partial charge < -0.3 is 4.57 Å². The highest BCUT2D eigenvalue weighted by Crippen LogP contribution is 2.24. The van der Waals surface area contributed by atoms with E-state index in [1.54, 1.807) is 18.2 Å². The van der Waals surface area contributed by atoms with Gasteiger partial charge in [-0.25, -0.2) is 0 Å². The minimum atomic E-state index is -0.372. The van der Waals surface area contributed by atoms with Crippen LogP contribution in [0.15, 0.2) is 35.3 Å². The smallest absolute Gasteiger partial charge is 0.281 e. The minimum Gasteiger partial charge on any atom is -0.319 e. The highest BCUT2D eigenvalue weighted by atomic mass is 35.5. The lowest BCUT2D eigenvalue weighted by atomic mass is 10.1. The first-order valence-corrected chi connectivity index (χ1v) is 8.55. The topological polar surface area (TPSA) is 34.4 Å². The lowest BCUT2D eigenvalue weighted by molar-refractivity contribution is 0.0998. The molecule has 0 unspecified atom stereocenters. The number of aromatic nitrogens is 1. The Morgan fingerprint density at radius 2 is 1.91 bits per heavy atom. The second kappa shape index (κ2) is 6.11. The van der Waals surface area contributed by atoms with Gasteiger partial charge in [-0.05, 0) is 49.2 Å². The zero-order valence-corrected chi connectivity index (χ0v) is 15.2. The molecule has 0 atom stereocenters. The molecule has 0 radical (unpaired) electrons. The van der Waals surface area contributed by atoms with Crippen molar-refractivity contribution in [2.75, 3.05) is 0 Å². The van der Waals surface area contributed by atoms with Gasteiger partial charge >= 0.3 is 0 Å². The molecule has 3 rings (SSSR count). The number of rotatable bonds is 1. The summed E-state index contributed by atoms with van der Waals surface area (Å²) in [5, 5.41) is 0.798. The number of amides is 1. The molecule has 0 N–H and O–H groups in total. The van der Waals surface area contributed by atoms with Gasteiger partial charge in [0.2, 0.25) is 0 Å².